The number of ether oxygens (including phenoxy) is 2. The van der Waals surface area contributed by atoms with Gasteiger partial charge in [-0.15, -0.1) is 5.10 Å². The molecule has 0 saturated heterocycles. The van der Waals surface area contributed by atoms with E-state index in [0.717, 1.165) is 18.5 Å². The van der Waals surface area contributed by atoms with Crippen LogP contribution in [0.2, 0.25) is 0 Å². The molecule has 0 spiro atoms. The summed E-state index contributed by atoms with van der Waals surface area (Å²) >= 11 is 0. The van der Waals surface area contributed by atoms with Crippen molar-refractivity contribution in [3.63, 3.8) is 0 Å². The van der Waals surface area contributed by atoms with Gasteiger partial charge < -0.3 is 9.47 Å². The summed E-state index contributed by atoms with van der Waals surface area (Å²) in [6.45, 7) is 0. The molecule has 0 atom stereocenters. The van der Waals surface area contributed by atoms with Gasteiger partial charge in [0.2, 0.25) is 5.88 Å². The summed E-state index contributed by atoms with van der Waals surface area (Å²) in [5, 5.41) is 7.96. The third-order valence-corrected chi connectivity index (χ3v) is 2.90. The van der Waals surface area contributed by atoms with Gasteiger partial charge in [-0.05, 0) is 18.9 Å². The molecule has 1 aliphatic carbocycles. The molecule has 0 amide bonds. The summed E-state index contributed by atoms with van der Waals surface area (Å²) in [4.78, 5) is 11.5. The lowest BCUT2D eigenvalue weighted by atomic mass is 9.82. The fourth-order valence-electron chi connectivity index (χ4n) is 1.71. The number of hydrogen-bond acceptors (Lipinski definition) is 5. The van der Waals surface area contributed by atoms with E-state index in [-0.39, 0.29) is 5.88 Å². The predicted octanol–water partition coefficient (Wildman–Crippen LogP) is 1.54. The van der Waals surface area contributed by atoms with E-state index < -0.39 is 5.97 Å². The van der Waals surface area contributed by atoms with Crippen molar-refractivity contribution in [3.05, 3.63) is 17.3 Å². The molecular weight excluding hydrogens is 208 g/mol. The highest BCUT2D eigenvalue weighted by Gasteiger charge is 2.24. The van der Waals surface area contributed by atoms with Crippen molar-refractivity contribution in [2.75, 3.05) is 14.2 Å². The Kier molecular flexibility index (Phi) is 3.03. The molecule has 16 heavy (non-hydrogen) atoms. The molecule has 5 nitrogen and oxygen atoms in total. The number of rotatable bonds is 3. The van der Waals surface area contributed by atoms with E-state index in [1.54, 1.807) is 6.07 Å². The summed E-state index contributed by atoms with van der Waals surface area (Å²) < 4.78 is 9.66. The van der Waals surface area contributed by atoms with Crippen molar-refractivity contribution >= 4 is 5.97 Å². The molecule has 0 unspecified atom stereocenters. The van der Waals surface area contributed by atoms with Crippen molar-refractivity contribution in [2.45, 2.75) is 25.2 Å². The first-order valence-corrected chi connectivity index (χ1v) is 5.26. The van der Waals surface area contributed by atoms with Gasteiger partial charge in [-0.1, -0.05) is 6.42 Å². The maximum absolute atomic E-state index is 11.5. The molecule has 0 radical (unpaired) electrons. The van der Waals surface area contributed by atoms with E-state index in [9.17, 15) is 4.79 Å². The Morgan fingerprint density at radius 3 is 2.62 bits per heavy atom. The first-order valence-electron chi connectivity index (χ1n) is 5.26. The van der Waals surface area contributed by atoms with Crippen LogP contribution in [0.15, 0.2) is 6.07 Å². The van der Waals surface area contributed by atoms with Gasteiger partial charge in [-0.2, -0.15) is 5.10 Å². The molecule has 86 valence electrons. The average molecular weight is 222 g/mol. The standard InChI is InChI=1S/C11H14N2O3/c1-15-10-8(11(14)16-2)6-9(12-13-10)7-4-3-5-7/h6-7H,3-5H2,1-2H3. The van der Waals surface area contributed by atoms with Crippen LogP contribution in [0.3, 0.4) is 0 Å². The minimum Gasteiger partial charge on any atom is -0.479 e. The quantitative estimate of drug-likeness (QED) is 0.726. The fraction of sp³-hybridized carbons (Fsp3) is 0.545. The molecule has 1 fully saturated rings. The van der Waals surface area contributed by atoms with E-state index in [0.29, 0.717) is 11.5 Å². The number of aromatic nitrogens is 2. The van der Waals surface area contributed by atoms with Crippen molar-refractivity contribution in [3.8, 4) is 5.88 Å². The zero-order valence-corrected chi connectivity index (χ0v) is 9.40. The van der Waals surface area contributed by atoms with Gasteiger partial charge in [-0.25, -0.2) is 4.79 Å². The Morgan fingerprint density at radius 2 is 2.12 bits per heavy atom. The smallest absolute Gasteiger partial charge is 0.343 e. The lowest BCUT2D eigenvalue weighted by Crippen LogP contribution is -2.14. The van der Waals surface area contributed by atoms with Gasteiger partial charge in [0.05, 0.1) is 19.9 Å². The monoisotopic (exact) mass is 222 g/mol. The third-order valence-electron chi connectivity index (χ3n) is 2.90. The SMILES string of the molecule is COC(=O)c1cc(C2CCC2)nnc1OC. The lowest BCUT2D eigenvalue weighted by Gasteiger charge is -2.24. The average Bonchev–Trinajstić information content (AvgIpc) is 2.25. The number of nitrogens with zero attached hydrogens (tertiary/aromatic N) is 2. The van der Waals surface area contributed by atoms with Gasteiger partial charge in [0, 0.05) is 5.92 Å². The van der Waals surface area contributed by atoms with Crippen LogP contribution in [-0.4, -0.2) is 30.4 Å². The zero-order chi connectivity index (χ0) is 11.5. The summed E-state index contributed by atoms with van der Waals surface area (Å²) in [6.07, 6.45) is 3.44. The molecule has 1 saturated carbocycles. The highest BCUT2D eigenvalue weighted by molar-refractivity contribution is 5.91. The number of methoxy groups -OCH3 is 2. The van der Waals surface area contributed by atoms with Crippen LogP contribution < -0.4 is 4.74 Å². The van der Waals surface area contributed by atoms with Crippen molar-refractivity contribution in [1.82, 2.24) is 10.2 Å². The summed E-state index contributed by atoms with van der Waals surface area (Å²) in [5.74, 6) is 0.212. The molecule has 0 aromatic carbocycles. The molecule has 1 aromatic rings. The Morgan fingerprint density at radius 1 is 1.38 bits per heavy atom. The van der Waals surface area contributed by atoms with Crippen LogP contribution >= 0.6 is 0 Å². The number of carbonyl (C=O) groups excluding carboxylic acids is 1. The lowest BCUT2D eigenvalue weighted by molar-refractivity contribution is 0.0595. The Bertz CT molecular complexity index is 402. The molecule has 0 N–H and O–H groups in total. The van der Waals surface area contributed by atoms with E-state index in [2.05, 4.69) is 14.9 Å². The largest absolute Gasteiger partial charge is 0.479 e. The fourth-order valence-corrected chi connectivity index (χ4v) is 1.71. The second-order valence-corrected chi connectivity index (χ2v) is 3.81. The van der Waals surface area contributed by atoms with Crippen molar-refractivity contribution in [2.24, 2.45) is 0 Å². The normalized spacial score (nSPS) is 15.4. The molecule has 1 aliphatic rings. The predicted molar refractivity (Wildman–Crippen MR) is 56.5 cm³/mol. The molecule has 5 heteroatoms. The first kappa shape index (κ1) is 10.9. The van der Waals surface area contributed by atoms with E-state index in [1.165, 1.54) is 20.6 Å². The van der Waals surface area contributed by atoms with Gasteiger partial charge >= 0.3 is 5.97 Å². The maximum Gasteiger partial charge on any atom is 0.343 e. The highest BCUT2D eigenvalue weighted by Crippen LogP contribution is 2.35. The van der Waals surface area contributed by atoms with Crippen LogP contribution in [0.4, 0.5) is 0 Å². The van der Waals surface area contributed by atoms with Crippen LogP contribution in [0.1, 0.15) is 41.2 Å². The van der Waals surface area contributed by atoms with E-state index in [1.807, 2.05) is 0 Å². The molecule has 1 aromatic heterocycles. The van der Waals surface area contributed by atoms with E-state index >= 15 is 0 Å². The van der Waals surface area contributed by atoms with E-state index in [4.69, 9.17) is 4.74 Å². The van der Waals surface area contributed by atoms with Gasteiger partial charge in [0.25, 0.3) is 0 Å². The van der Waals surface area contributed by atoms with Crippen LogP contribution in [0.25, 0.3) is 0 Å². The van der Waals surface area contributed by atoms with Gasteiger partial charge in [0.1, 0.15) is 5.56 Å². The summed E-state index contributed by atoms with van der Waals surface area (Å²) in [7, 11) is 2.80. The minimum absolute atomic E-state index is 0.218. The maximum atomic E-state index is 11.5. The summed E-state index contributed by atoms with van der Waals surface area (Å²) in [5.41, 5.74) is 1.20. The van der Waals surface area contributed by atoms with Gasteiger partial charge in [0.15, 0.2) is 0 Å². The highest BCUT2D eigenvalue weighted by atomic mass is 16.5. The Balaban J connectivity index is 2.33. The third kappa shape index (κ3) is 1.85. The molecule has 0 bridgehead atoms. The number of carbonyl (C=O) groups is 1. The topological polar surface area (TPSA) is 61.3 Å². The number of hydrogen-bond donors (Lipinski definition) is 0. The Labute approximate surface area is 93.8 Å². The van der Waals surface area contributed by atoms with Crippen molar-refractivity contribution < 1.29 is 14.3 Å². The van der Waals surface area contributed by atoms with Gasteiger partial charge in [-0.3, -0.25) is 0 Å². The number of esters is 1. The van der Waals surface area contributed by atoms with Crippen LogP contribution in [-0.2, 0) is 4.74 Å². The second kappa shape index (κ2) is 4.47. The molecule has 1 heterocycles. The second-order valence-electron chi connectivity index (χ2n) is 3.81. The van der Waals surface area contributed by atoms with Crippen molar-refractivity contribution in [1.29, 1.82) is 0 Å². The van der Waals surface area contributed by atoms with Crippen LogP contribution in [0, 0.1) is 0 Å². The summed E-state index contributed by atoms with van der Waals surface area (Å²) in [6, 6.07) is 1.72. The molecule has 2 rings (SSSR count). The minimum atomic E-state index is -0.438. The first-order chi connectivity index (χ1) is 7.76. The Hall–Kier alpha value is -1.65. The molecule has 0 aliphatic heterocycles. The van der Waals surface area contributed by atoms with Crippen LogP contribution in [0.5, 0.6) is 5.88 Å². The zero-order valence-electron chi connectivity index (χ0n) is 9.40. The molecular formula is C11H14N2O3.